The van der Waals surface area contributed by atoms with Crippen LogP contribution in [0.2, 0.25) is 5.02 Å². The van der Waals surface area contributed by atoms with Crippen molar-refractivity contribution in [2.75, 3.05) is 0 Å². The summed E-state index contributed by atoms with van der Waals surface area (Å²) in [6, 6.07) is 26.7. The first-order valence-electron chi connectivity index (χ1n) is 9.12. The van der Waals surface area contributed by atoms with Crippen LogP contribution in [0, 0.1) is 6.92 Å². The Morgan fingerprint density at radius 1 is 0.857 bits per heavy atom. The zero-order valence-corrected chi connectivity index (χ0v) is 17.1. The van der Waals surface area contributed by atoms with Crippen LogP contribution >= 0.6 is 23.4 Å². The second-order valence-corrected chi connectivity index (χ2v) is 7.96. The number of aryl methyl sites for hydroxylation is 1. The third kappa shape index (κ3) is 4.29. The van der Waals surface area contributed by atoms with E-state index in [0.29, 0.717) is 0 Å². The van der Waals surface area contributed by atoms with E-state index < -0.39 is 0 Å². The fourth-order valence-electron chi connectivity index (χ4n) is 3.00. The van der Waals surface area contributed by atoms with Crippen LogP contribution in [0.4, 0.5) is 0 Å². The highest BCUT2D eigenvalue weighted by Gasteiger charge is 2.15. The van der Waals surface area contributed by atoms with Gasteiger partial charge in [0.15, 0.2) is 5.16 Å². The highest BCUT2D eigenvalue weighted by Crippen LogP contribution is 2.28. The third-order valence-electron chi connectivity index (χ3n) is 4.51. The molecule has 3 aromatic carbocycles. The van der Waals surface area contributed by atoms with Crippen molar-refractivity contribution in [1.82, 2.24) is 14.8 Å². The molecule has 4 aromatic rings. The van der Waals surface area contributed by atoms with E-state index in [1.54, 1.807) is 11.8 Å². The number of aromatic nitrogens is 3. The molecule has 0 amide bonds. The van der Waals surface area contributed by atoms with Gasteiger partial charge in [-0.25, -0.2) is 0 Å². The molecule has 5 heteroatoms. The van der Waals surface area contributed by atoms with Gasteiger partial charge in [0.25, 0.3) is 0 Å². The Morgan fingerprint density at radius 2 is 1.57 bits per heavy atom. The molecule has 0 spiro atoms. The predicted octanol–water partition coefficient (Wildman–Crippen LogP) is 6.11. The molecule has 0 aliphatic rings. The fourth-order valence-corrected chi connectivity index (χ4v) is 4.25. The average molecular weight is 406 g/mol. The monoisotopic (exact) mass is 405 g/mol. The van der Waals surface area contributed by atoms with E-state index in [2.05, 4.69) is 70.2 Å². The van der Waals surface area contributed by atoms with Crippen LogP contribution in [-0.2, 0) is 12.2 Å². The molecule has 1 aromatic heterocycles. The Kier molecular flexibility index (Phi) is 5.79. The molecule has 0 aliphatic carbocycles. The number of hydrogen-bond donors (Lipinski definition) is 0. The van der Waals surface area contributed by atoms with Crippen LogP contribution in [0.25, 0.3) is 5.69 Å². The van der Waals surface area contributed by atoms with E-state index in [-0.39, 0.29) is 0 Å². The first kappa shape index (κ1) is 18.8. The van der Waals surface area contributed by atoms with Crippen molar-refractivity contribution >= 4 is 23.4 Å². The van der Waals surface area contributed by atoms with Gasteiger partial charge in [-0.05, 0) is 36.2 Å². The minimum absolute atomic E-state index is 0.731. The van der Waals surface area contributed by atoms with Gasteiger partial charge in [0.1, 0.15) is 5.82 Å². The number of benzene rings is 3. The predicted molar refractivity (Wildman–Crippen MR) is 116 cm³/mol. The molecule has 0 fully saturated rings. The van der Waals surface area contributed by atoms with Gasteiger partial charge in [0, 0.05) is 22.9 Å². The van der Waals surface area contributed by atoms with Crippen molar-refractivity contribution < 1.29 is 0 Å². The number of thioether (sulfide) groups is 1. The van der Waals surface area contributed by atoms with Gasteiger partial charge in [0.05, 0.1) is 0 Å². The smallest absolute Gasteiger partial charge is 0.196 e. The Morgan fingerprint density at radius 3 is 2.32 bits per heavy atom. The molecule has 0 N–H and O–H groups in total. The average Bonchev–Trinajstić information content (AvgIpc) is 3.11. The van der Waals surface area contributed by atoms with E-state index in [0.717, 1.165) is 39.4 Å². The molecule has 0 saturated heterocycles. The fraction of sp³-hybridized carbons (Fsp3) is 0.130. The summed E-state index contributed by atoms with van der Waals surface area (Å²) in [4.78, 5) is 0. The number of nitrogens with zero attached hydrogens (tertiary/aromatic N) is 3. The molecule has 4 rings (SSSR count). The van der Waals surface area contributed by atoms with Gasteiger partial charge in [0.2, 0.25) is 0 Å². The van der Waals surface area contributed by atoms with Gasteiger partial charge in [-0.15, -0.1) is 10.2 Å². The minimum Gasteiger partial charge on any atom is -0.274 e. The van der Waals surface area contributed by atoms with Crippen molar-refractivity contribution in [2.24, 2.45) is 0 Å². The lowest BCUT2D eigenvalue weighted by Crippen LogP contribution is -2.04. The lowest BCUT2D eigenvalue weighted by Gasteiger charge is -2.11. The highest BCUT2D eigenvalue weighted by molar-refractivity contribution is 7.98. The SMILES string of the molecule is Cc1ccc(-n2c(Cc3ccccc3)nnc2SCc2ccccc2Cl)cc1. The lowest BCUT2D eigenvalue weighted by molar-refractivity contribution is 0.847. The third-order valence-corrected chi connectivity index (χ3v) is 5.86. The molecule has 0 unspecified atom stereocenters. The summed E-state index contributed by atoms with van der Waals surface area (Å²) in [5, 5.41) is 10.6. The van der Waals surface area contributed by atoms with Crippen LogP contribution in [0.5, 0.6) is 0 Å². The normalized spacial score (nSPS) is 10.9. The molecule has 1 heterocycles. The molecule has 3 nitrogen and oxygen atoms in total. The Bertz CT molecular complexity index is 1060. The van der Waals surface area contributed by atoms with E-state index in [1.165, 1.54) is 11.1 Å². The summed E-state index contributed by atoms with van der Waals surface area (Å²) in [5.41, 5.74) is 4.61. The second kappa shape index (κ2) is 8.63. The lowest BCUT2D eigenvalue weighted by atomic mass is 10.1. The molecule has 0 aliphatic heterocycles. The summed E-state index contributed by atoms with van der Waals surface area (Å²) >= 11 is 7.97. The van der Waals surface area contributed by atoms with E-state index in [1.807, 2.05) is 30.3 Å². The maximum atomic E-state index is 6.32. The first-order chi connectivity index (χ1) is 13.7. The maximum Gasteiger partial charge on any atom is 0.196 e. The van der Waals surface area contributed by atoms with E-state index in [4.69, 9.17) is 11.6 Å². The quantitative estimate of drug-likeness (QED) is 0.362. The van der Waals surface area contributed by atoms with Crippen LogP contribution in [0.1, 0.15) is 22.5 Å². The van der Waals surface area contributed by atoms with Crippen LogP contribution in [0.15, 0.2) is 84.0 Å². The first-order valence-corrected chi connectivity index (χ1v) is 10.5. The molecular formula is C23H20ClN3S. The van der Waals surface area contributed by atoms with Crippen molar-refractivity contribution in [3.63, 3.8) is 0 Å². The maximum absolute atomic E-state index is 6.32. The van der Waals surface area contributed by atoms with Gasteiger partial charge in [-0.1, -0.05) is 89.6 Å². The van der Waals surface area contributed by atoms with Crippen molar-refractivity contribution in [3.05, 3.63) is 106 Å². The van der Waals surface area contributed by atoms with Crippen molar-refractivity contribution in [2.45, 2.75) is 24.3 Å². The van der Waals surface area contributed by atoms with Gasteiger partial charge in [-0.2, -0.15) is 0 Å². The summed E-state index contributed by atoms with van der Waals surface area (Å²) in [5.74, 6) is 1.67. The minimum atomic E-state index is 0.731. The molecule has 0 atom stereocenters. The topological polar surface area (TPSA) is 30.7 Å². The van der Waals surface area contributed by atoms with Crippen molar-refractivity contribution in [3.8, 4) is 5.69 Å². The molecule has 0 bridgehead atoms. The summed E-state index contributed by atoms with van der Waals surface area (Å²) in [6.45, 7) is 2.09. The van der Waals surface area contributed by atoms with Crippen LogP contribution < -0.4 is 0 Å². The molecular weight excluding hydrogens is 386 g/mol. The number of hydrogen-bond acceptors (Lipinski definition) is 3. The van der Waals surface area contributed by atoms with Crippen LogP contribution in [-0.4, -0.2) is 14.8 Å². The summed E-state index contributed by atoms with van der Waals surface area (Å²) in [7, 11) is 0. The van der Waals surface area contributed by atoms with E-state index >= 15 is 0 Å². The Balaban J connectivity index is 1.67. The Hall–Kier alpha value is -2.56. The van der Waals surface area contributed by atoms with Gasteiger partial charge < -0.3 is 0 Å². The molecule has 0 radical (unpaired) electrons. The Labute approximate surface area is 174 Å². The largest absolute Gasteiger partial charge is 0.274 e. The van der Waals surface area contributed by atoms with Crippen LogP contribution in [0.3, 0.4) is 0 Å². The standard InChI is InChI=1S/C23H20ClN3S/c1-17-11-13-20(14-12-17)27-22(15-18-7-3-2-4-8-18)25-26-23(27)28-16-19-9-5-6-10-21(19)24/h2-14H,15-16H2,1H3. The van der Waals surface area contributed by atoms with E-state index in [9.17, 15) is 0 Å². The zero-order valence-electron chi connectivity index (χ0n) is 15.5. The summed E-state index contributed by atoms with van der Waals surface area (Å²) in [6.07, 6.45) is 0.731. The molecule has 0 saturated carbocycles. The zero-order chi connectivity index (χ0) is 19.3. The summed E-state index contributed by atoms with van der Waals surface area (Å²) < 4.78 is 2.15. The van der Waals surface area contributed by atoms with Gasteiger partial charge in [-0.3, -0.25) is 4.57 Å². The second-order valence-electron chi connectivity index (χ2n) is 6.61. The molecule has 28 heavy (non-hydrogen) atoms. The molecule has 140 valence electrons. The number of rotatable bonds is 6. The highest BCUT2D eigenvalue weighted by atomic mass is 35.5. The van der Waals surface area contributed by atoms with Crippen molar-refractivity contribution in [1.29, 1.82) is 0 Å². The van der Waals surface area contributed by atoms with Gasteiger partial charge >= 0.3 is 0 Å². The number of halogens is 1.